The normalized spacial score (nSPS) is 11.7. The summed E-state index contributed by atoms with van der Waals surface area (Å²) in [6.45, 7) is 0.860. The van der Waals surface area contributed by atoms with E-state index < -0.39 is 5.92 Å². The molecule has 0 saturated heterocycles. The maximum Gasteiger partial charge on any atom is 0.270 e. The molecule has 0 atom stereocenters. The lowest BCUT2D eigenvalue weighted by atomic mass is 10.1. The van der Waals surface area contributed by atoms with Gasteiger partial charge in [0.15, 0.2) is 17.3 Å². The zero-order chi connectivity index (χ0) is 19.0. The van der Waals surface area contributed by atoms with Gasteiger partial charge in [-0.15, -0.1) is 0 Å². The summed E-state index contributed by atoms with van der Waals surface area (Å²) in [5.41, 5.74) is 7.99. The molecular weight excluding hydrogens is 350 g/mol. The van der Waals surface area contributed by atoms with E-state index in [1.165, 1.54) is 12.1 Å². The Bertz CT molecular complexity index is 1090. The maximum atomic E-state index is 13.3. The molecule has 2 aromatic heterocycles. The van der Waals surface area contributed by atoms with Gasteiger partial charge in [-0.3, -0.25) is 5.10 Å². The predicted octanol–water partition coefficient (Wildman–Crippen LogP) is 4.46. The van der Waals surface area contributed by atoms with Crippen molar-refractivity contribution in [2.45, 2.75) is 12.8 Å². The minimum absolute atomic E-state index is 0.0599. The molecule has 0 aliphatic heterocycles. The molecule has 0 radical (unpaired) electrons. The van der Waals surface area contributed by atoms with Crippen molar-refractivity contribution in [2.75, 3.05) is 11.1 Å². The number of nitrogens with zero attached hydrogens (tertiary/aromatic N) is 3. The maximum absolute atomic E-state index is 13.3. The molecule has 27 heavy (non-hydrogen) atoms. The van der Waals surface area contributed by atoms with Crippen molar-refractivity contribution in [1.29, 1.82) is 0 Å². The van der Waals surface area contributed by atoms with Gasteiger partial charge in [0.25, 0.3) is 5.92 Å². The van der Waals surface area contributed by atoms with Gasteiger partial charge in [0, 0.05) is 23.7 Å². The number of hydrogen-bond acceptors (Lipinski definition) is 5. The van der Waals surface area contributed by atoms with E-state index in [1.807, 2.05) is 30.3 Å². The average molecular weight is 366 g/mol. The molecular formula is C19H16F2N6. The van der Waals surface area contributed by atoms with Gasteiger partial charge in [0.2, 0.25) is 0 Å². The van der Waals surface area contributed by atoms with Gasteiger partial charge in [-0.25, -0.2) is 18.7 Å². The first-order chi connectivity index (χ1) is 12.9. The second-order valence-corrected chi connectivity index (χ2v) is 6.19. The summed E-state index contributed by atoms with van der Waals surface area (Å²) < 4.78 is 26.7. The highest BCUT2D eigenvalue weighted by Crippen LogP contribution is 2.31. The van der Waals surface area contributed by atoms with Crippen molar-refractivity contribution in [3.63, 3.8) is 0 Å². The Labute approximate surface area is 153 Å². The Morgan fingerprint density at radius 1 is 1.00 bits per heavy atom. The number of nitrogen functional groups attached to an aromatic ring is 1. The summed E-state index contributed by atoms with van der Waals surface area (Å²) in [7, 11) is 0. The Kier molecular flexibility index (Phi) is 3.95. The fourth-order valence-electron chi connectivity index (χ4n) is 2.75. The summed E-state index contributed by atoms with van der Waals surface area (Å²) in [5.74, 6) is -1.70. The van der Waals surface area contributed by atoms with E-state index in [0.717, 1.165) is 12.5 Å². The van der Waals surface area contributed by atoms with Crippen LogP contribution in [-0.4, -0.2) is 20.2 Å². The lowest BCUT2D eigenvalue weighted by molar-refractivity contribution is 0.0175. The van der Waals surface area contributed by atoms with Crippen LogP contribution in [0.3, 0.4) is 0 Å². The third kappa shape index (κ3) is 3.29. The summed E-state index contributed by atoms with van der Waals surface area (Å²) >= 11 is 0. The number of aromatic nitrogens is 4. The van der Waals surface area contributed by atoms with Gasteiger partial charge in [-0.2, -0.15) is 5.10 Å². The summed E-state index contributed by atoms with van der Waals surface area (Å²) in [6, 6.07) is 15.3. The van der Waals surface area contributed by atoms with Crippen LogP contribution in [0.2, 0.25) is 0 Å². The van der Waals surface area contributed by atoms with Crippen molar-refractivity contribution >= 4 is 28.4 Å². The van der Waals surface area contributed by atoms with E-state index in [4.69, 9.17) is 5.73 Å². The third-order valence-corrected chi connectivity index (χ3v) is 4.13. The highest BCUT2D eigenvalue weighted by molar-refractivity contribution is 5.97. The van der Waals surface area contributed by atoms with Crippen LogP contribution in [-0.2, 0) is 5.92 Å². The third-order valence-electron chi connectivity index (χ3n) is 4.13. The van der Waals surface area contributed by atoms with E-state index in [1.54, 1.807) is 12.1 Å². The minimum atomic E-state index is -2.89. The lowest BCUT2D eigenvalue weighted by Gasteiger charge is -2.11. The standard InChI is InChI=1S/C19H16F2N6/c1-19(20,21)12-7-9-13(10-8-12)23-17-14-15(22)24-16(25-18(14)27-26-17)11-5-3-2-4-6-11/h2-10H,1H3,(H4,22,23,24,25,26,27). The number of H-pyrrole nitrogens is 1. The van der Waals surface area contributed by atoms with Crippen LogP contribution in [0.5, 0.6) is 0 Å². The highest BCUT2D eigenvalue weighted by atomic mass is 19.3. The molecule has 0 unspecified atom stereocenters. The number of nitrogens with one attached hydrogen (secondary N) is 2. The van der Waals surface area contributed by atoms with E-state index in [0.29, 0.717) is 28.4 Å². The monoisotopic (exact) mass is 366 g/mol. The molecule has 2 aromatic carbocycles. The quantitative estimate of drug-likeness (QED) is 0.496. The Morgan fingerprint density at radius 3 is 2.37 bits per heavy atom. The number of hydrogen-bond donors (Lipinski definition) is 3. The first kappa shape index (κ1) is 16.9. The van der Waals surface area contributed by atoms with Gasteiger partial charge in [0.05, 0.1) is 0 Å². The molecule has 8 heteroatoms. The second-order valence-electron chi connectivity index (χ2n) is 6.19. The zero-order valence-corrected chi connectivity index (χ0v) is 14.4. The lowest BCUT2D eigenvalue weighted by Crippen LogP contribution is -2.06. The van der Waals surface area contributed by atoms with Crippen LogP contribution in [0, 0.1) is 0 Å². The van der Waals surface area contributed by atoms with Crippen LogP contribution < -0.4 is 11.1 Å². The number of anilines is 3. The number of nitrogens with two attached hydrogens (primary N) is 1. The molecule has 0 bridgehead atoms. The van der Waals surface area contributed by atoms with Crippen molar-refractivity contribution in [2.24, 2.45) is 0 Å². The molecule has 136 valence electrons. The van der Waals surface area contributed by atoms with Crippen molar-refractivity contribution < 1.29 is 8.78 Å². The first-order valence-electron chi connectivity index (χ1n) is 8.24. The number of halogens is 2. The van der Waals surface area contributed by atoms with Crippen LogP contribution >= 0.6 is 0 Å². The fraction of sp³-hybridized carbons (Fsp3) is 0.105. The molecule has 4 aromatic rings. The van der Waals surface area contributed by atoms with E-state index in [2.05, 4.69) is 25.5 Å². The van der Waals surface area contributed by atoms with E-state index >= 15 is 0 Å². The summed E-state index contributed by atoms with van der Waals surface area (Å²) in [4.78, 5) is 8.83. The van der Waals surface area contributed by atoms with Gasteiger partial charge in [0.1, 0.15) is 11.2 Å². The van der Waals surface area contributed by atoms with Crippen molar-refractivity contribution in [3.8, 4) is 11.4 Å². The molecule has 2 heterocycles. The molecule has 0 aliphatic carbocycles. The molecule has 0 amide bonds. The number of benzene rings is 2. The Hall–Kier alpha value is -3.55. The van der Waals surface area contributed by atoms with Gasteiger partial charge < -0.3 is 11.1 Å². The SMILES string of the molecule is CC(F)(F)c1ccc(Nc2n[nH]c3nc(-c4ccccc4)nc(N)c23)cc1. The number of aromatic amines is 1. The summed E-state index contributed by atoms with van der Waals surface area (Å²) in [5, 5.41) is 10.6. The van der Waals surface area contributed by atoms with Crippen LogP contribution in [0.4, 0.5) is 26.1 Å². The number of alkyl halides is 2. The molecule has 0 saturated carbocycles. The van der Waals surface area contributed by atoms with Gasteiger partial charge in [-0.1, -0.05) is 42.5 Å². The molecule has 4 N–H and O–H groups in total. The predicted molar refractivity (Wildman–Crippen MR) is 101 cm³/mol. The number of fused-ring (bicyclic) bond motifs is 1. The highest BCUT2D eigenvalue weighted by Gasteiger charge is 2.23. The largest absolute Gasteiger partial charge is 0.383 e. The van der Waals surface area contributed by atoms with E-state index in [-0.39, 0.29) is 11.4 Å². The Morgan fingerprint density at radius 2 is 1.70 bits per heavy atom. The van der Waals surface area contributed by atoms with Gasteiger partial charge in [-0.05, 0) is 12.1 Å². The molecule has 0 spiro atoms. The van der Waals surface area contributed by atoms with Crippen LogP contribution in [0.25, 0.3) is 22.4 Å². The van der Waals surface area contributed by atoms with Crippen molar-refractivity contribution in [1.82, 2.24) is 20.2 Å². The molecule has 0 fully saturated rings. The Balaban J connectivity index is 1.67. The summed E-state index contributed by atoms with van der Waals surface area (Å²) in [6.07, 6.45) is 0. The van der Waals surface area contributed by atoms with E-state index in [9.17, 15) is 8.78 Å². The van der Waals surface area contributed by atoms with Crippen LogP contribution in [0.1, 0.15) is 12.5 Å². The fourth-order valence-corrected chi connectivity index (χ4v) is 2.75. The average Bonchev–Trinajstić information content (AvgIpc) is 3.05. The molecule has 0 aliphatic rings. The smallest absolute Gasteiger partial charge is 0.270 e. The molecule has 6 nitrogen and oxygen atoms in total. The van der Waals surface area contributed by atoms with Crippen molar-refractivity contribution in [3.05, 3.63) is 60.2 Å². The van der Waals surface area contributed by atoms with Crippen LogP contribution in [0.15, 0.2) is 54.6 Å². The second kappa shape index (κ2) is 6.31. The zero-order valence-electron chi connectivity index (χ0n) is 14.4. The number of rotatable bonds is 4. The topological polar surface area (TPSA) is 92.5 Å². The van der Waals surface area contributed by atoms with Gasteiger partial charge >= 0.3 is 0 Å². The molecule has 4 rings (SSSR count). The first-order valence-corrected chi connectivity index (χ1v) is 8.24. The minimum Gasteiger partial charge on any atom is -0.383 e.